The second kappa shape index (κ2) is 6.69. The molecule has 1 N–H and O–H groups in total. The van der Waals surface area contributed by atoms with Crippen molar-refractivity contribution < 1.29 is 13.9 Å². The molecule has 0 spiro atoms. The van der Waals surface area contributed by atoms with Gasteiger partial charge in [-0.3, -0.25) is 4.79 Å². The van der Waals surface area contributed by atoms with Gasteiger partial charge < -0.3 is 9.15 Å². The first-order chi connectivity index (χ1) is 11.2. The fourth-order valence-electron chi connectivity index (χ4n) is 2.44. The summed E-state index contributed by atoms with van der Waals surface area (Å²) in [5.74, 6) is 3.35. The van der Waals surface area contributed by atoms with Crippen LogP contribution in [0.5, 0.6) is 5.75 Å². The number of ether oxygens (including phenoxy) is 1. The molecule has 5 nitrogen and oxygen atoms in total. The lowest BCUT2D eigenvalue weighted by molar-refractivity contribution is 0.0955. The number of hydrogen-bond donors (Lipinski definition) is 1. The van der Waals surface area contributed by atoms with Crippen molar-refractivity contribution in [3.63, 3.8) is 0 Å². The second-order valence-corrected chi connectivity index (χ2v) is 5.72. The van der Waals surface area contributed by atoms with Crippen LogP contribution in [0.3, 0.4) is 0 Å². The Labute approximate surface area is 135 Å². The molecule has 2 atom stereocenters. The minimum atomic E-state index is -0.271. The van der Waals surface area contributed by atoms with Crippen LogP contribution in [0.1, 0.15) is 48.1 Å². The van der Waals surface area contributed by atoms with Crippen molar-refractivity contribution in [2.24, 2.45) is 11.0 Å². The molecule has 120 valence electrons. The maximum absolute atomic E-state index is 12.0. The van der Waals surface area contributed by atoms with E-state index in [1.54, 1.807) is 24.3 Å². The predicted molar refractivity (Wildman–Crippen MR) is 87.9 cm³/mol. The monoisotopic (exact) mass is 312 g/mol. The average molecular weight is 312 g/mol. The predicted octanol–water partition coefficient (Wildman–Crippen LogP) is 3.57. The Morgan fingerprint density at radius 1 is 1.35 bits per heavy atom. The van der Waals surface area contributed by atoms with Crippen LogP contribution in [-0.2, 0) is 0 Å². The van der Waals surface area contributed by atoms with Gasteiger partial charge in [0.2, 0.25) is 0 Å². The Bertz CT molecular complexity index is 703. The van der Waals surface area contributed by atoms with Gasteiger partial charge in [-0.1, -0.05) is 6.92 Å². The van der Waals surface area contributed by atoms with Crippen molar-refractivity contribution in [2.45, 2.75) is 26.2 Å². The van der Waals surface area contributed by atoms with Gasteiger partial charge >= 0.3 is 0 Å². The number of carbonyl (C=O) groups is 1. The molecule has 1 fully saturated rings. The van der Waals surface area contributed by atoms with E-state index in [2.05, 4.69) is 17.5 Å². The van der Waals surface area contributed by atoms with Crippen molar-refractivity contribution in [1.29, 1.82) is 0 Å². The third-order valence-corrected chi connectivity index (χ3v) is 3.91. The highest BCUT2D eigenvalue weighted by molar-refractivity contribution is 5.94. The van der Waals surface area contributed by atoms with Gasteiger partial charge in [-0.15, -0.1) is 0 Å². The molecule has 0 saturated heterocycles. The van der Waals surface area contributed by atoms with Crippen LogP contribution < -0.4 is 10.2 Å². The highest BCUT2D eigenvalue weighted by Crippen LogP contribution is 2.47. The van der Waals surface area contributed by atoms with Gasteiger partial charge in [0.15, 0.2) is 0 Å². The average Bonchev–Trinajstić information content (AvgIpc) is 3.09. The summed E-state index contributed by atoms with van der Waals surface area (Å²) in [7, 11) is 0. The maximum Gasteiger partial charge on any atom is 0.271 e. The zero-order chi connectivity index (χ0) is 16.2. The number of nitrogens with one attached hydrogen (secondary N) is 1. The van der Waals surface area contributed by atoms with Crippen LogP contribution in [0.25, 0.3) is 0 Å². The van der Waals surface area contributed by atoms with Gasteiger partial charge in [0.05, 0.1) is 12.8 Å². The highest BCUT2D eigenvalue weighted by Gasteiger charge is 2.36. The highest BCUT2D eigenvalue weighted by atomic mass is 16.5. The molecule has 5 heteroatoms. The Hall–Kier alpha value is -2.56. The molecule has 1 aromatic carbocycles. The van der Waals surface area contributed by atoms with Gasteiger partial charge in [0, 0.05) is 11.5 Å². The van der Waals surface area contributed by atoms with Gasteiger partial charge in [-0.25, -0.2) is 5.43 Å². The number of carbonyl (C=O) groups excluding carboxylic acids is 1. The molecule has 3 rings (SSSR count). The van der Waals surface area contributed by atoms with E-state index in [1.807, 2.05) is 19.1 Å². The third-order valence-electron chi connectivity index (χ3n) is 3.91. The maximum atomic E-state index is 12.0. The number of rotatable bonds is 6. The summed E-state index contributed by atoms with van der Waals surface area (Å²) in [4.78, 5) is 12.0. The zero-order valence-corrected chi connectivity index (χ0v) is 13.3. The molecule has 1 saturated carbocycles. The topological polar surface area (TPSA) is 63.8 Å². The van der Waals surface area contributed by atoms with Crippen molar-refractivity contribution in [2.75, 3.05) is 6.61 Å². The number of furan rings is 1. The molecule has 23 heavy (non-hydrogen) atoms. The first kappa shape index (κ1) is 15.3. The molecule has 1 aromatic heterocycles. The molecule has 2 aromatic rings. The quantitative estimate of drug-likeness (QED) is 0.655. The zero-order valence-electron chi connectivity index (χ0n) is 13.3. The Balaban J connectivity index is 1.54. The largest absolute Gasteiger partial charge is 0.494 e. The van der Waals surface area contributed by atoms with Crippen molar-refractivity contribution in [3.8, 4) is 5.75 Å². The fraction of sp³-hybridized carbons (Fsp3) is 0.333. The summed E-state index contributed by atoms with van der Waals surface area (Å²) in [6.45, 7) is 4.72. The smallest absolute Gasteiger partial charge is 0.271 e. The summed E-state index contributed by atoms with van der Waals surface area (Å²) >= 11 is 0. The van der Waals surface area contributed by atoms with E-state index in [0.29, 0.717) is 29.8 Å². The molecule has 0 bridgehead atoms. The summed E-state index contributed by atoms with van der Waals surface area (Å²) in [6, 6.07) is 10.8. The summed E-state index contributed by atoms with van der Waals surface area (Å²) in [5, 5.41) is 3.94. The Morgan fingerprint density at radius 3 is 2.74 bits per heavy atom. The minimum absolute atomic E-state index is 0.271. The Morgan fingerprint density at radius 2 is 2.09 bits per heavy atom. The molecule has 0 radical (unpaired) electrons. The molecule has 1 heterocycles. The van der Waals surface area contributed by atoms with Crippen molar-refractivity contribution in [1.82, 2.24) is 5.43 Å². The van der Waals surface area contributed by atoms with Crippen molar-refractivity contribution in [3.05, 3.63) is 53.5 Å². The normalized spacial score (nSPS) is 19.7. The van der Waals surface area contributed by atoms with Crippen LogP contribution in [0.2, 0.25) is 0 Å². The standard InChI is InChI=1S/C18H20N2O3/c1-3-22-14-6-4-13(5-7-14)18(21)20-19-11-15-8-9-17(23-15)16-10-12(16)2/h4-9,11-12,16H,3,10H2,1-2H3,(H,20,21)/b19-11-/t12-,16+/m1/s1. The van der Waals surface area contributed by atoms with Crippen LogP contribution in [0.15, 0.2) is 45.9 Å². The molecular weight excluding hydrogens is 292 g/mol. The fourth-order valence-corrected chi connectivity index (χ4v) is 2.44. The summed E-state index contributed by atoms with van der Waals surface area (Å²) < 4.78 is 11.0. The summed E-state index contributed by atoms with van der Waals surface area (Å²) in [6.07, 6.45) is 2.70. The SMILES string of the molecule is CCOc1ccc(C(=O)N/N=C\c2ccc([C@H]3C[C@H]3C)o2)cc1. The molecular formula is C18H20N2O3. The molecule has 1 aliphatic rings. The number of amides is 1. The van der Waals surface area contributed by atoms with Gasteiger partial charge in [0.1, 0.15) is 17.3 Å². The van der Waals surface area contributed by atoms with Crippen LogP contribution in [0.4, 0.5) is 0 Å². The lowest BCUT2D eigenvalue weighted by atomic mass is 10.2. The number of benzene rings is 1. The molecule has 0 aliphatic heterocycles. The van der Waals surface area contributed by atoms with Gasteiger partial charge in [-0.2, -0.15) is 5.10 Å². The van der Waals surface area contributed by atoms with Crippen molar-refractivity contribution >= 4 is 12.1 Å². The van der Waals surface area contributed by atoms with E-state index < -0.39 is 0 Å². The molecule has 0 unspecified atom stereocenters. The number of nitrogens with zero attached hydrogens (tertiary/aromatic N) is 1. The second-order valence-electron chi connectivity index (χ2n) is 5.72. The summed E-state index contributed by atoms with van der Waals surface area (Å²) in [5.41, 5.74) is 3.02. The molecule has 1 aliphatic carbocycles. The first-order valence-electron chi connectivity index (χ1n) is 7.83. The lowest BCUT2D eigenvalue weighted by Crippen LogP contribution is -2.17. The van der Waals surface area contributed by atoms with Crippen LogP contribution >= 0.6 is 0 Å². The van der Waals surface area contributed by atoms with E-state index in [-0.39, 0.29) is 5.91 Å². The van der Waals surface area contributed by atoms with E-state index in [0.717, 1.165) is 11.5 Å². The minimum Gasteiger partial charge on any atom is -0.494 e. The van der Waals surface area contributed by atoms with Crippen LogP contribution in [0, 0.1) is 5.92 Å². The lowest BCUT2D eigenvalue weighted by Gasteiger charge is -2.03. The Kier molecular flexibility index (Phi) is 4.46. The van der Waals surface area contributed by atoms with E-state index in [1.165, 1.54) is 12.6 Å². The number of hydrogen-bond acceptors (Lipinski definition) is 4. The molecule has 1 amide bonds. The van der Waals surface area contributed by atoms with Gasteiger partial charge in [0.25, 0.3) is 5.91 Å². The third kappa shape index (κ3) is 3.80. The van der Waals surface area contributed by atoms with E-state index in [4.69, 9.17) is 9.15 Å². The van der Waals surface area contributed by atoms with E-state index >= 15 is 0 Å². The first-order valence-corrected chi connectivity index (χ1v) is 7.83. The van der Waals surface area contributed by atoms with E-state index in [9.17, 15) is 4.79 Å². The number of hydrazone groups is 1. The van der Waals surface area contributed by atoms with Gasteiger partial charge in [-0.05, 0) is 55.7 Å². The van der Waals surface area contributed by atoms with Crippen LogP contribution in [-0.4, -0.2) is 18.7 Å².